The first-order valence-corrected chi connectivity index (χ1v) is 6.71. The molecule has 1 aliphatic heterocycles. The van der Waals surface area contributed by atoms with Crippen molar-refractivity contribution >= 4 is 12.0 Å². The van der Waals surface area contributed by atoms with E-state index in [1.54, 1.807) is 0 Å². The maximum absolute atomic E-state index is 12.2. The van der Waals surface area contributed by atoms with E-state index in [4.69, 9.17) is 4.74 Å². The van der Waals surface area contributed by atoms with E-state index >= 15 is 0 Å². The first-order chi connectivity index (χ1) is 9.79. The van der Waals surface area contributed by atoms with Crippen LogP contribution in [0.25, 0.3) is 0 Å². The molecule has 0 aliphatic carbocycles. The molecule has 2 atom stereocenters. The third kappa shape index (κ3) is 4.95. The molecule has 120 valence electrons. The zero-order valence-electron chi connectivity index (χ0n) is 11.8. The Labute approximate surface area is 121 Å². The molecule has 21 heavy (non-hydrogen) atoms. The Morgan fingerprint density at radius 2 is 2.14 bits per heavy atom. The van der Waals surface area contributed by atoms with E-state index in [-0.39, 0.29) is 32.0 Å². The summed E-state index contributed by atoms with van der Waals surface area (Å²) in [6.07, 6.45) is -2.84. The van der Waals surface area contributed by atoms with Crippen LogP contribution in [-0.2, 0) is 9.53 Å². The lowest BCUT2D eigenvalue weighted by molar-refractivity contribution is -0.174. The van der Waals surface area contributed by atoms with E-state index in [9.17, 15) is 22.8 Å². The largest absolute Gasteiger partial charge is 0.471 e. The number of alkyl halides is 3. The lowest BCUT2D eigenvalue weighted by Crippen LogP contribution is -2.53. The Balaban J connectivity index is 2.58. The molecule has 0 radical (unpaired) electrons. The molecule has 0 saturated carbocycles. The van der Waals surface area contributed by atoms with Crippen molar-refractivity contribution < 1.29 is 27.5 Å². The fourth-order valence-corrected chi connectivity index (χ4v) is 2.29. The molecule has 0 unspecified atom stereocenters. The van der Waals surface area contributed by atoms with E-state index in [2.05, 4.69) is 6.58 Å². The highest BCUT2D eigenvalue weighted by atomic mass is 19.4. The van der Waals surface area contributed by atoms with Crippen LogP contribution >= 0.6 is 0 Å². The van der Waals surface area contributed by atoms with Crippen LogP contribution in [0.15, 0.2) is 12.7 Å². The fraction of sp³-hybridized carbons (Fsp3) is 0.692. The molecule has 0 aromatic carbocycles. The van der Waals surface area contributed by atoms with Crippen molar-refractivity contribution in [3.63, 3.8) is 0 Å². The highest BCUT2D eigenvalue weighted by molar-refractivity contribution is 5.82. The molecule has 1 fully saturated rings. The second-order valence-corrected chi connectivity index (χ2v) is 4.81. The van der Waals surface area contributed by atoms with Gasteiger partial charge in [0.1, 0.15) is 6.61 Å². The molecule has 1 saturated heterocycles. The summed E-state index contributed by atoms with van der Waals surface area (Å²) in [6.45, 7) is 5.59. The maximum Gasteiger partial charge on any atom is 0.471 e. The monoisotopic (exact) mass is 308 g/mol. The molecule has 0 aromatic rings. The summed E-state index contributed by atoms with van der Waals surface area (Å²) in [6, 6.07) is -0.845. The number of ether oxygens (including phenoxy) is 1. The van der Waals surface area contributed by atoms with Crippen molar-refractivity contribution in [2.45, 2.75) is 44.4 Å². The van der Waals surface area contributed by atoms with Gasteiger partial charge in [0.25, 0.3) is 0 Å². The average molecular weight is 308 g/mol. The quantitative estimate of drug-likeness (QED) is 0.810. The number of piperidine rings is 1. The Kier molecular flexibility index (Phi) is 6.04. The number of likely N-dealkylation sites (tertiary alicyclic amines) is 1. The number of carbonyl (C=O) groups is 2. The van der Waals surface area contributed by atoms with E-state index in [1.807, 2.05) is 12.2 Å². The fourth-order valence-electron chi connectivity index (χ4n) is 2.29. The van der Waals surface area contributed by atoms with Crippen molar-refractivity contribution in [3.05, 3.63) is 12.7 Å². The van der Waals surface area contributed by atoms with Crippen LogP contribution in [0, 0.1) is 0 Å². The Bertz CT molecular complexity index is 399. The zero-order valence-corrected chi connectivity index (χ0v) is 11.8. The summed E-state index contributed by atoms with van der Waals surface area (Å²) in [5.41, 5.74) is 0. The molecule has 1 rings (SSSR count). The highest BCUT2D eigenvalue weighted by Crippen LogP contribution is 2.23. The second kappa shape index (κ2) is 7.33. The number of halogens is 3. The molecule has 5 nitrogen and oxygen atoms in total. The van der Waals surface area contributed by atoms with Crippen molar-refractivity contribution in [1.82, 2.24) is 10.2 Å². The van der Waals surface area contributed by atoms with Gasteiger partial charge in [0, 0.05) is 18.6 Å². The lowest BCUT2D eigenvalue weighted by atomic mass is 9.95. The first-order valence-electron chi connectivity index (χ1n) is 6.71. The summed E-state index contributed by atoms with van der Waals surface area (Å²) in [7, 11) is 0. The Morgan fingerprint density at radius 1 is 1.48 bits per heavy atom. The maximum atomic E-state index is 12.2. The SMILES string of the molecule is C=CCOC(=O)N1CC[C@H](NC(=O)C(F)(F)F)C[C@@H]1CC. The van der Waals surface area contributed by atoms with Crippen molar-refractivity contribution in [3.8, 4) is 0 Å². The molecule has 2 amide bonds. The van der Waals surface area contributed by atoms with E-state index in [0.717, 1.165) is 0 Å². The van der Waals surface area contributed by atoms with Gasteiger partial charge in [0.05, 0.1) is 0 Å². The predicted molar refractivity (Wildman–Crippen MR) is 69.5 cm³/mol. The van der Waals surface area contributed by atoms with E-state index in [0.29, 0.717) is 6.42 Å². The standard InChI is InChI=1S/C13H19F3N2O3/c1-3-7-21-12(20)18-6-5-9(8-10(18)4-2)17-11(19)13(14,15)16/h3,9-10H,1,4-8H2,2H3,(H,17,19)/t9-,10-/m0/s1. The Morgan fingerprint density at radius 3 is 2.67 bits per heavy atom. The van der Waals surface area contributed by atoms with Crippen molar-refractivity contribution in [2.24, 2.45) is 0 Å². The number of nitrogens with one attached hydrogen (secondary N) is 1. The molecule has 0 bridgehead atoms. The molecular weight excluding hydrogens is 289 g/mol. The van der Waals surface area contributed by atoms with Gasteiger partial charge < -0.3 is 15.0 Å². The highest BCUT2D eigenvalue weighted by Gasteiger charge is 2.41. The number of rotatable bonds is 4. The smallest absolute Gasteiger partial charge is 0.445 e. The minimum atomic E-state index is -4.89. The van der Waals surface area contributed by atoms with Gasteiger partial charge in [-0.25, -0.2) is 4.79 Å². The lowest BCUT2D eigenvalue weighted by Gasteiger charge is -2.38. The number of nitrogens with zero attached hydrogens (tertiary/aromatic N) is 1. The van der Waals surface area contributed by atoms with Gasteiger partial charge in [-0.05, 0) is 19.3 Å². The normalized spacial score (nSPS) is 22.6. The van der Waals surface area contributed by atoms with Gasteiger partial charge in [0.2, 0.25) is 0 Å². The second-order valence-electron chi connectivity index (χ2n) is 4.81. The molecular formula is C13H19F3N2O3. The molecule has 0 spiro atoms. The van der Waals surface area contributed by atoms with Gasteiger partial charge in [-0.1, -0.05) is 19.6 Å². The number of amides is 2. The summed E-state index contributed by atoms with van der Waals surface area (Å²) < 4.78 is 41.6. The third-order valence-electron chi connectivity index (χ3n) is 3.34. The molecule has 0 aromatic heterocycles. The summed E-state index contributed by atoms with van der Waals surface area (Å²) in [5.74, 6) is -1.94. The topological polar surface area (TPSA) is 58.6 Å². The van der Waals surface area contributed by atoms with Crippen LogP contribution in [-0.4, -0.2) is 48.3 Å². The molecule has 1 heterocycles. The van der Waals surface area contributed by atoms with Crippen LogP contribution in [0.4, 0.5) is 18.0 Å². The van der Waals surface area contributed by atoms with Gasteiger partial charge in [0.15, 0.2) is 0 Å². The minimum absolute atomic E-state index is 0.0833. The zero-order chi connectivity index (χ0) is 16.0. The summed E-state index contributed by atoms with van der Waals surface area (Å²) >= 11 is 0. The van der Waals surface area contributed by atoms with Gasteiger partial charge in [-0.15, -0.1) is 0 Å². The third-order valence-corrected chi connectivity index (χ3v) is 3.34. The number of hydrogen-bond donors (Lipinski definition) is 1. The van der Waals surface area contributed by atoms with Crippen LogP contribution < -0.4 is 5.32 Å². The van der Waals surface area contributed by atoms with Crippen LogP contribution in [0.1, 0.15) is 26.2 Å². The van der Waals surface area contributed by atoms with Crippen LogP contribution in [0.2, 0.25) is 0 Å². The van der Waals surface area contributed by atoms with Crippen molar-refractivity contribution in [2.75, 3.05) is 13.2 Å². The molecule has 1 N–H and O–H groups in total. The molecule has 1 aliphatic rings. The van der Waals surface area contributed by atoms with Crippen LogP contribution in [0.5, 0.6) is 0 Å². The predicted octanol–water partition coefficient (Wildman–Crippen LogP) is 2.23. The van der Waals surface area contributed by atoms with Gasteiger partial charge in [-0.3, -0.25) is 4.79 Å². The summed E-state index contributed by atoms with van der Waals surface area (Å²) in [5, 5.41) is 1.97. The first kappa shape index (κ1) is 17.3. The van der Waals surface area contributed by atoms with Crippen molar-refractivity contribution in [1.29, 1.82) is 0 Å². The number of hydrogen-bond acceptors (Lipinski definition) is 3. The molecule has 8 heteroatoms. The average Bonchev–Trinajstić information content (AvgIpc) is 2.43. The number of carbonyl (C=O) groups excluding carboxylic acids is 2. The Hall–Kier alpha value is -1.73. The van der Waals surface area contributed by atoms with Gasteiger partial charge in [-0.2, -0.15) is 13.2 Å². The van der Waals surface area contributed by atoms with Gasteiger partial charge >= 0.3 is 18.2 Å². The summed E-state index contributed by atoms with van der Waals surface area (Å²) in [4.78, 5) is 24.2. The van der Waals surface area contributed by atoms with E-state index in [1.165, 1.54) is 11.0 Å². The van der Waals surface area contributed by atoms with E-state index < -0.39 is 24.2 Å². The van der Waals surface area contributed by atoms with Crippen LogP contribution in [0.3, 0.4) is 0 Å². The minimum Gasteiger partial charge on any atom is -0.445 e.